The van der Waals surface area contributed by atoms with Gasteiger partial charge in [-0.1, -0.05) is 23.7 Å². The van der Waals surface area contributed by atoms with E-state index in [4.69, 9.17) is 16.3 Å². The average Bonchev–Trinajstić information content (AvgIpc) is 2.48. The molecule has 0 saturated heterocycles. The molecule has 5 heteroatoms. The first kappa shape index (κ1) is 12.6. The zero-order valence-electron chi connectivity index (χ0n) is 10.3. The number of nitrogens with zero attached hydrogens (tertiary/aromatic N) is 2. The maximum absolute atomic E-state index is 10.9. The van der Waals surface area contributed by atoms with Gasteiger partial charge in [0.2, 0.25) is 5.88 Å². The van der Waals surface area contributed by atoms with Crippen LogP contribution in [0.2, 0.25) is 5.02 Å². The molecule has 98 valence electrons. The van der Waals surface area contributed by atoms with E-state index in [0.29, 0.717) is 33.2 Å². The number of benzene rings is 2. The summed E-state index contributed by atoms with van der Waals surface area (Å²) in [6, 6.07) is 12.2. The van der Waals surface area contributed by atoms with Crippen LogP contribution in [0.15, 0.2) is 48.7 Å². The number of carbonyl (C=O) groups is 1. The van der Waals surface area contributed by atoms with Gasteiger partial charge >= 0.3 is 0 Å². The highest BCUT2D eigenvalue weighted by Gasteiger charge is 2.06. The third kappa shape index (κ3) is 2.46. The lowest BCUT2D eigenvalue weighted by Gasteiger charge is -2.07. The van der Waals surface area contributed by atoms with E-state index >= 15 is 0 Å². The Morgan fingerprint density at radius 1 is 1.10 bits per heavy atom. The Kier molecular flexibility index (Phi) is 3.31. The van der Waals surface area contributed by atoms with E-state index in [2.05, 4.69) is 9.97 Å². The third-order valence-electron chi connectivity index (χ3n) is 2.74. The van der Waals surface area contributed by atoms with Crippen molar-refractivity contribution in [2.24, 2.45) is 0 Å². The van der Waals surface area contributed by atoms with Crippen LogP contribution in [-0.2, 0) is 0 Å². The lowest BCUT2D eigenvalue weighted by atomic mass is 10.2. The summed E-state index contributed by atoms with van der Waals surface area (Å²) >= 11 is 5.89. The number of fused-ring (bicyclic) bond motifs is 1. The number of carbonyl (C=O) groups excluding carboxylic acids is 1. The zero-order chi connectivity index (χ0) is 13.9. The van der Waals surface area contributed by atoms with Crippen molar-refractivity contribution in [2.75, 3.05) is 0 Å². The van der Waals surface area contributed by atoms with Crippen LogP contribution >= 0.6 is 11.6 Å². The lowest BCUT2D eigenvalue weighted by Crippen LogP contribution is -1.93. The van der Waals surface area contributed by atoms with Gasteiger partial charge < -0.3 is 4.74 Å². The molecular weight excluding hydrogens is 276 g/mol. The summed E-state index contributed by atoms with van der Waals surface area (Å²) < 4.78 is 5.60. The van der Waals surface area contributed by atoms with Crippen LogP contribution in [0, 0.1) is 0 Å². The summed E-state index contributed by atoms with van der Waals surface area (Å²) in [5, 5.41) is 0.603. The molecule has 0 aliphatic carbocycles. The van der Waals surface area contributed by atoms with Crippen LogP contribution in [0.25, 0.3) is 11.0 Å². The van der Waals surface area contributed by atoms with Gasteiger partial charge in [0.15, 0.2) is 6.29 Å². The van der Waals surface area contributed by atoms with Crippen molar-refractivity contribution in [3.63, 3.8) is 0 Å². The molecule has 0 radical (unpaired) electrons. The van der Waals surface area contributed by atoms with E-state index in [1.54, 1.807) is 42.5 Å². The van der Waals surface area contributed by atoms with Crippen molar-refractivity contribution in [3.8, 4) is 11.6 Å². The highest BCUT2D eigenvalue weighted by Crippen LogP contribution is 2.24. The SMILES string of the molecule is O=Cc1ccccc1Oc1cnc2cc(Cl)ccc2n1. The predicted octanol–water partition coefficient (Wildman–Crippen LogP) is 3.89. The van der Waals surface area contributed by atoms with E-state index < -0.39 is 0 Å². The second kappa shape index (κ2) is 5.27. The maximum Gasteiger partial charge on any atom is 0.238 e. The van der Waals surface area contributed by atoms with Gasteiger partial charge in [-0.15, -0.1) is 0 Å². The highest BCUT2D eigenvalue weighted by atomic mass is 35.5. The van der Waals surface area contributed by atoms with Crippen LogP contribution in [0.4, 0.5) is 0 Å². The molecule has 1 aromatic heterocycles. The van der Waals surface area contributed by atoms with E-state index in [9.17, 15) is 4.79 Å². The molecule has 2 aromatic carbocycles. The Bertz CT molecular complexity index is 790. The number of hydrogen-bond donors (Lipinski definition) is 0. The first-order valence-corrected chi connectivity index (χ1v) is 6.28. The lowest BCUT2D eigenvalue weighted by molar-refractivity contribution is 0.112. The van der Waals surface area contributed by atoms with E-state index in [1.165, 1.54) is 6.20 Å². The number of aldehydes is 1. The predicted molar refractivity (Wildman–Crippen MR) is 76.5 cm³/mol. The normalized spacial score (nSPS) is 10.4. The fraction of sp³-hybridized carbons (Fsp3) is 0. The number of rotatable bonds is 3. The second-order valence-electron chi connectivity index (χ2n) is 4.10. The quantitative estimate of drug-likeness (QED) is 0.685. The summed E-state index contributed by atoms with van der Waals surface area (Å²) in [4.78, 5) is 19.5. The Hall–Kier alpha value is -2.46. The summed E-state index contributed by atoms with van der Waals surface area (Å²) in [7, 11) is 0. The van der Waals surface area contributed by atoms with Gasteiger partial charge in [-0.2, -0.15) is 0 Å². The zero-order valence-corrected chi connectivity index (χ0v) is 11.0. The molecule has 0 unspecified atom stereocenters. The fourth-order valence-corrected chi connectivity index (χ4v) is 1.97. The molecule has 1 heterocycles. The molecule has 0 aliphatic heterocycles. The molecule has 20 heavy (non-hydrogen) atoms. The molecule has 0 atom stereocenters. The van der Waals surface area contributed by atoms with E-state index in [-0.39, 0.29) is 0 Å². The average molecular weight is 285 g/mol. The Morgan fingerprint density at radius 2 is 1.95 bits per heavy atom. The van der Waals surface area contributed by atoms with Crippen molar-refractivity contribution < 1.29 is 9.53 Å². The molecule has 0 bridgehead atoms. The monoisotopic (exact) mass is 284 g/mol. The van der Waals surface area contributed by atoms with Crippen molar-refractivity contribution in [1.29, 1.82) is 0 Å². The standard InChI is InChI=1S/C15H9ClN2O2/c16-11-5-6-12-13(7-11)17-8-15(18-12)20-14-4-2-1-3-10(14)9-19/h1-9H. The maximum atomic E-state index is 10.9. The molecule has 3 aromatic rings. The van der Waals surface area contributed by atoms with Crippen molar-refractivity contribution in [1.82, 2.24) is 9.97 Å². The largest absolute Gasteiger partial charge is 0.437 e. The topological polar surface area (TPSA) is 52.1 Å². The summed E-state index contributed by atoms with van der Waals surface area (Å²) in [5.74, 6) is 0.777. The molecule has 4 nitrogen and oxygen atoms in total. The molecule has 0 fully saturated rings. The van der Waals surface area contributed by atoms with Gasteiger partial charge in [0.05, 0.1) is 22.8 Å². The number of hydrogen-bond acceptors (Lipinski definition) is 4. The number of ether oxygens (including phenoxy) is 1. The second-order valence-corrected chi connectivity index (χ2v) is 4.54. The van der Waals surface area contributed by atoms with Crippen LogP contribution in [0.1, 0.15) is 10.4 Å². The minimum atomic E-state index is 0.328. The van der Waals surface area contributed by atoms with Gasteiger partial charge in [-0.25, -0.2) is 9.97 Å². The number of para-hydroxylation sites is 1. The van der Waals surface area contributed by atoms with Gasteiger partial charge in [0.1, 0.15) is 5.75 Å². The Labute approximate surface area is 120 Å². The third-order valence-corrected chi connectivity index (χ3v) is 2.98. The van der Waals surface area contributed by atoms with Crippen LogP contribution in [-0.4, -0.2) is 16.3 Å². The first-order chi connectivity index (χ1) is 9.76. The number of halogens is 1. The van der Waals surface area contributed by atoms with E-state index in [1.807, 2.05) is 0 Å². The van der Waals surface area contributed by atoms with Crippen LogP contribution in [0.3, 0.4) is 0 Å². The molecule has 3 rings (SSSR count). The van der Waals surface area contributed by atoms with Gasteiger partial charge in [0.25, 0.3) is 0 Å². The van der Waals surface area contributed by atoms with Gasteiger partial charge in [0, 0.05) is 5.02 Å². The number of aromatic nitrogens is 2. The van der Waals surface area contributed by atoms with Crippen molar-refractivity contribution >= 4 is 28.9 Å². The van der Waals surface area contributed by atoms with Crippen molar-refractivity contribution in [3.05, 3.63) is 59.2 Å². The van der Waals surface area contributed by atoms with Crippen LogP contribution in [0.5, 0.6) is 11.6 Å². The Balaban J connectivity index is 1.98. The van der Waals surface area contributed by atoms with Gasteiger partial charge in [-0.05, 0) is 30.3 Å². The van der Waals surface area contributed by atoms with Crippen molar-refractivity contribution in [2.45, 2.75) is 0 Å². The molecule has 0 amide bonds. The molecular formula is C15H9ClN2O2. The summed E-state index contributed by atoms with van der Waals surface area (Å²) in [6.45, 7) is 0. The fourth-order valence-electron chi connectivity index (χ4n) is 1.80. The van der Waals surface area contributed by atoms with E-state index in [0.717, 1.165) is 6.29 Å². The van der Waals surface area contributed by atoms with Crippen LogP contribution < -0.4 is 4.74 Å². The Morgan fingerprint density at radius 3 is 2.80 bits per heavy atom. The highest BCUT2D eigenvalue weighted by molar-refractivity contribution is 6.31. The van der Waals surface area contributed by atoms with Gasteiger partial charge in [-0.3, -0.25) is 4.79 Å². The summed E-state index contributed by atoms with van der Waals surface area (Å²) in [5.41, 5.74) is 1.83. The molecule has 0 N–H and O–H groups in total. The summed E-state index contributed by atoms with van der Waals surface area (Å²) in [6.07, 6.45) is 2.24. The molecule has 0 spiro atoms. The smallest absolute Gasteiger partial charge is 0.238 e. The minimum absolute atomic E-state index is 0.328. The first-order valence-electron chi connectivity index (χ1n) is 5.90. The minimum Gasteiger partial charge on any atom is -0.437 e. The molecule has 0 aliphatic rings. The molecule has 0 saturated carbocycles.